The van der Waals surface area contributed by atoms with E-state index < -0.39 is 6.04 Å². The Morgan fingerprint density at radius 3 is 2.69 bits per heavy atom. The van der Waals surface area contributed by atoms with Gasteiger partial charge in [-0.15, -0.1) is 22.7 Å². The lowest BCUT2D eigenvalue weighted by atomic mass is 9.84. The van der Waals surface area contributed by atoms with E-state index in [1.807, 2.05) is 35.0 Å². The van der Waals surface area contributed by atoms with E-state index in [4.69, 9.17) is 0 Å². The highest BCUT2D eigenvalue weighted by molar-refractivity contribution is 7.17. The standard InChI is InChI=1S/C25H29N5O3S2/c31-22-16-29(25(33)27-19-6-7-21-18(15-19)8-12-34-21)10-11-30(22)20(14-17-4-2-1-3-5-17)23(32)28-24-26-9-13-35-24/h6-9,12-13,15,17,20H,1-5,10-11,14,16H2,(H,27,33)(H,26,28,32)/t20-/m0/s1. The van der Waals surface area contributed by atoms with Crippen molar-refractivity contribution in [2.45, 2.75) is 44.6 Å². The molecule has 2 N–H and O–H groups in total. The van der Waals surface area contributed by atoms with Gasteiger partial charge in [-0.1, -0.05) is 32.1 Å². The lowest BCUT2D eigenvalue weighted by Crippen LogP contribution is -2.59. The molecule has 1 saturated carbocycles. The fourth-order valence-electron chi connectivity index (χ4n) is 5.02. The molecule has 35 heavy (non-hydrogen) atoms. The number of nitrogens with one attached hydrogen (secondary N) is 2. The normalized spacial score (nSPS) is 18.0. The Morgan fingerprint density at radius 1 is 1.06 bits per heavy atom. The number of hydrogen-bond donors (Lipinski definition) is 2. The maximum atomic E-state index is 13.2. The summed E-state index contributed by atoms with van der Waals surface area (Å²) in [7, 11) is 0. The van der Waals surface area contributed by atoms with Crippen LogP contribution in [0.1, 0.15) is 38.5 Å². The molecule has 2 fully saturated rings. The summed E-state index contributed by atoms with van der Waals surface area (Å²) in [5.74, 6) is 0.0348. The molecule has 0 bridgehead atoms. The van der Waals surface area contributed by atoms with Crippen molar-refractivity contribution in [3.63, 3.8) is 0 Å². The summed E-state index contributed by atoms with van der Waals surface area (Å²) >= 11 is 3.01. The average Bonchev–Trinajstić information content (AvgIpc) is 3.55. The number of urea groups is 1. The second kappa shape index (κ2) is 10.7. The van der Waals surface area contributed by atoms with Gasteiger partial charge in [0.2, 0.25) is 11.8 Å². The summed E-state index contributed by atoms with van der Waals surface area (Å²) in [5.41, 5.74) is 0.703. The molecule has 1 aliphatic heterocycles. The summed E-state index contributed by atoms with van der Waals surface area (Å²) in [6, 6.07) is 6.95. The Labute approximate surface area is 212 Å². The Hall–Kier alpha value is -2.98. The number of amides is 4. The molecule has 1 atom stereocenters. The highest BCUT2D eigenvalue weighted by Gasteiger charge is 2.37. The zero-order chi connectivity index (χ0) is 24.2. The third-order valence-electron chi connectivity index (χ3n) is 6.87. The molecular formula is C25H29N5O3S2. The summed E-state index contributed by atoms with van der Waals surface area (Å²) < 4.78 is 1.16. The van der Waals surface area contributed by atoms with Crippen molar-refractivity contribution in [1.82, 2.24) is 14.8 Å². The van der Waals surface area contributed by atoms with Gasteiger partial charge < -0.3 is 20.4 Å². The molecule has 1 saturated heterocycles. The number of piperazine rings is 1. The number of fused-ring (bicyclic) bond motifs is 1. The van der Waals surface area contributed by atoms with E-state index in [-0.39, 0.29) is 24.4 Å². The number of benzene rings is 1. The van der Waals surface area contributed by atoms with Gasteiger partial charge in [-0.3, -0.25) is 9.59 Å². The number of thiazole rings is 1. The van der Waals surface area contributed by atoms with Gasteiger partial charge in [0.1, 0.15) is 12.6 Å². The Balaban J connectivity index is 1.24. The minimum atomic E-state index is -0.555. The highest BCUT2D eigenvalue weighted by atomic mass is 32.1. The van der Waals surface area contributed by atoms with Crippen LogP contribution in [0.25, 0.3) is 10.1 Å². The van der Waals surface area contributed by atoms with Crippen molar-refractivity contribution < 1.29 is 14.4 Å². The number of rotatable bonds is 6. The van der Waals surface area contributed by atoms with Crippen LogP contribution in [-0.2, 0) is 9.59 Å². The average molecular weight is 512 g/mol. The smallest absolute Gasteiger partial charge is 0.322 e. The van der Waals surface area contributed by atoms with E-state index >= 15 is 0 Å². The number of carbonyl (C=O) groups excluding carboxylic acids is 3. The van der Waals surface area contributed by atoms with Gasteiger partial charge in [-0.2, -0.15) is 0 Å². The SMILES string of the molecule is O=C(Nc1nccs1)[C@H](CC1CCCCC1)N1CCN(C(=O)Nc2ccc3sccc3c2)CC1=O. The first-order valence-electron chi connectivity index (χ1n) is 12.1. The summed E-state index contributed by atoms with van der Waals surface area (Å²) in [6.45, 7) is 0.667. The van der Waals surface area contributed by atoms with Crippen molar-refractivity contribution in [3.05, 3.63) is 41.2 Å². The van der Waals surface area contributed by atoms with E-state index in [2.05, 4.69) is 15.6 Å². The molecule has 4 amide bonds. The second-order valence-corrected chi connectivity index (χ2v) is 11.0. The van der Waals surface area contributed by atoms with Crippen molar-refractivity contribution in [1.29, 1.82) is 0 Å². The molecule has 3 aromatic rings. The van der Waals surface area contributed by atoms with Gasteiger partial charge in [0.25, 0.3) is 0 Å². The van der Waals surface area contributed by atoms with Crippen LogP contribution in [-0.4, -0.2) is 58.3 Å². The van der Waals surface area contributed by atoms with Crippen LogP contribution >= 0.6 is 22.7 Å². The second-order valence-electron chi connectivity index (χ2n) is 9.19. The Morgan fingerprint density at radius 2 is 1.91 bits per heavy atom. The first-order chi connectivity index (χ1) is 17.1. The van der Waals surface area contributed by atoms with Gasteiger partial charge in [0, 0.05) is 35.1 Å². The van der Waals surface area contributed by atoms with E-state index in [1.54, 1.807) is 22.4 Å². The van der Waals surface area contributed by atoms with Gasteiger partial charge in [0.05, 0.1) is 0 Å². The highest BCUT2D eigenvalue weighted by Crippen LogP contribution is 2.30. The van der Waals surface area contributed by atoms with E-state index in [1.165, 1.54) is 35.5 Å². The van der Waals surface area contributed by atoms with Gasteiger partial charge in [0.15, 0.2) is 5.13 Å². The first kappa shape index (κ1) is 23.7. The van der Waals surface area contributed by atoms with E-state index in [0.29, 0.717) is 36.2 Å². The number of hydrogen-bond acceptors (Lipinski definition) is 6. The molecule has 0 radical (unpaired) electrons. The van der Waals surface area contributed by atoms with Gasteiger partial charge >= 0.3 is 6.03 Å². The largest absolute Gasteiger partial charge is 0.327 e. The van der Waals surface area contributed by atoms with Crippen molar-refractivity contribution in [3.8, 4) is 0 Å². The van der Waals surface area contributed by atoms with Crippen LogP contribution in [0.3, 0.4) is 0 Å². The molecular weight excluding hydrogens is 482 g/mol. The topological polar surface area (TPSA) is 94.6 Å². The minimum Gasteiger partial charge on any atom is -0.327 e. The quantitative estimate of drug-likeness (QED) is 0.486. The van der Waals surface area contributed by atoms with Crippen LogP contribution in [0.5, 0.6) is 0 Å². The third kappa shape index (κ3) is 5.65. The predicted octanol–water partition coefficient (Wildman–Crippen LogP) is 5.01. The monoisotopic (exact) mass is 511 g/mol. The molecule has 5 rings (SSSR count). The number of anilines is 2. The molecule has 0 unspecified atom stereocenters. The molecule has 2 aliphatic rings. The Bertz CT molecular complexity index is 1190. The maximum Gasteiger partial charge on any atom is 0.322 e. The Kier molecular flexibility index (Phi) is 7.29. The van der Waals surface area contributed by atoms with Crippen molar-refractivity contribution in [2.75, 3.05) is 30.3 Å². The minimum absolute atomic E-state index is 0.0434. The fraction of sp³-hybridized carbons (Fsp3) is 0.440. The van der Waals surface area contributed by atoms with Crippen molar-refractivity contribution in [2.24, 2.45) is 5.92 Å². The van der Waals surface area contributed by atoms with E-state index in [0.717, 1.165) is 22.9 Å². The molecule has 10 heteroatoms. The lowest BCUT2D eigenvalue weighted by Gasteiger charge is -2.39. The molecule has 8 nitrogen and oxygen atoms in total. The predicted molar refractivity (Wildman–Crippen MR) is 140 cm³/mol. The molecule has 1 aromatic carbocycles. The number of carbonyl (C=O) groups is 3. The molecule has 184 valence electrons. The fourth-order valence-corrected chi connectivity index (χ4v) is 6.33. The van der Waals surface area contributed by atoms with Gasteiger partial charge in [-0.25, -0.2) is 9.78 Å². The molecule has 2 aromatic heterocycles. The lowest BCUT2D eigenvalue weighted by molar-refractivity contribution is -0.142. The zero-order valence-electron chi connectivity index (χ0n) is 19.4. The number of aromatic nitrogens is 1. The summed E-state index contributed by atoms with van der Waals surface area (Å²) in [6.07, 6.45) is 8.05. The first-order valence-corrected chi connectivity index (χ1v) is 13.9. The number of nitrogens with zero attached hydrogens (tertiary/aromatic N) is 3. The van der Waals surface area contributed by atoms with E-state index in [9.17, 15) is 14.4 Å². The summed E-state index contributed by atoms with van der Waals surface area (Å²) in [5, 5.41) is 11.2. The van der Waals surface area contributed by atoms with Gasteiger partial charge in [-0.05, 0) is 47.4 Å². The zero-order valence-corrected chi connectivity index (χ0v) is 21.1. The van der Waals surface area contributed by atoms with Crippen LogP contribution in [0.15, 0.2) is 41.2 Å². The molecule has 0 spiro atoms. The van der Waals surface area contributed by atoms with Crippen LogP contribution in [0, 0.1) is 5.92 Å². The van der Waals surface area contributed by atoms with Crippen molar-refractivity contribution >= 4 is 61.4 Å². The third-order valence-corrected chi connectivity index (χ3v) is 8.46. The molecule has 1 aliphatic carbocycles. The maximum absolute atomic E-state index is 13.2. The van der Waals surface area contributed by atoms with Crippen LogP contribution in [0.2, 0.25) is 0 Å². The van der Waals surface area contributed by atoms with Crippen LogP contribution < -0.4 is 10.6 Å². The summed E-state index contributed by atoms with van der Waals surface area (Å²) in [4.78, 5) is 46.7. The van der Waals surface area contributed by atoms with Crippen LogP contribution in [0.4, 0.5) is 15.6 Å². The number of thiophene rings is 1. The molecule has 3 heterocycles.